The molecule has 0 unspecified atom stereocenters. The first-order chi connectivity index (χ1) is 1.73. The molecule has 0 fully saturated rings. The van der Waals surface area contributed by atoms with Gasteiger partial charge < -0.3 is 0 Å². The Balaban J connectivity index is -0.0000000450. The van der Waals surface area contributed by atoms with Gasteiger partial charge in [-0.15, -0.1) is 0 Å². The Kier molecular flexibility index (Phi) is 27.9. The van der Waals surface area contributed by atoms with E-state index in [0.717, 1.165) is 0 Å². The molecular weight excluding hydrogens is 184 g/mol. The third-order valence-electron chi connectivity index (χ3n) is 0. The van der Waals surface area contributed by atoms with Crippen LogP contribution in [-0.4, -0.2) is 51.9 Å². The van der Waals surface area contributed by atoms with Gasteiger partial charge in [-0.25, -0.2) is 30.1 Å². The standard InChI is InChI=1S/Al.3ClH.Na.H4Si.H/h;3*1H;;1H4;/q+3;;;;;;/p-3. The van der Waals surface area contributed by atoms with E-state index in [1.807, 2.05) is 0 Å². The molecule has 0 spiro atoms. The first kappa shape index (κ1) is 15.8. The Morgan fingerprint density at radius 1 is 1.00 bits per heavy atom. The van der Waals surface area contributed by atoms with Gasteiger partial charge >= 0.3 is 40.9 Å². The molecule has 0 saturated heterocycles. The molecule has 0 aliphatic heterocycles. The Morgan fingerprint density at radius 2 is 1.00 bits per heavy atom. The summed E-state index contributed by atoms with van der Waals surface area (Å²) in [6, 6.07) is 0. The van der Waals surface area contributed by atoms with Crippen LogP contribution < -0.4 is 0 Å². The van der Waals surface area contributed by atoms with Crippen LogP contribution in [-0.2, 0) is 0 Å². The summed E-state index contributed by atoms with van der Waals surface area (Å²) >= 11 is -1.72. The van der Waals surface area contributed by atoms with Crippen LogP contribution in [0.15, 0.2) is 0 Å². The molecule has 0 aromatic rings. The predicted octanol–water partition coefficient (Wildman–Crippen LogP) is -0.412. The van der Waals surface area contributed by atoms with Gasteiger partial charge in [0.1, 0.15) is 0 Å². The van der Waals surface area contributed by atoms with Crippen molar-refractivity contribution in [3.63, 3.8) is 0 Å². The molecule has 0 rings (SSSR count). The van der Waals surface area contributed by atoms with Gasteiger partial charge in [0, 0.05) is 0 Å². The average Bonchev–Trinajstić information content (AvgIpc) is 0.811. The van der Waals surface area contributed by atoms with Crippen molar-refractivity contribution >= 4 is 82.1 Å². The maximum absolute atomic E-state index is 4.94. The number of hydrogen-bond acceptors (Lipinski definition) is 0. The van der Waals surface area contributed by atoms with Crippen LogP contribution in [0.4, 0.5) is 0 Å². The smallest absolute Gasteiger partial charge is 0.0149 e. The first-order valence-corrected chi connectivity index (χ1v) is 5.89. The molecule has 6 heteroatoms. The van der Waals surface area contributed by atoms with Crippen LogP contribution in [0.3, 0.4) is 0 Å². The summed E-state index contributed by atoms with van der Waals surface area (Å²) < 4.78 is 0. The Labute approximate surface area is 80.8 Å². The van der Waals surface area contributed by atoms with Crippen molar-refractivity contribution in [2.75, 3.05) is 0 Å². The van der Waals surface area contributed by atoms with Crippen molar-refractivity contribution in [2.45, 2.75) is 0 Å². The van der Waals surface area contributed by atoms with Crippen LogP contribution in [0, 0.1) is 0 Å². The van der Waals surface area contributed by atoms with Crippen molar-refractivity contribution in [2.24, 2.45) is 0 Å². The van der Waals surface area contributed by atoms with E-state index in [1.165, 1.54) is 0 Å². The summed E-state index contributed by atoms with van der Waals surface area (Å²) in [5.74, 6) is 0. The minimum atomic E-state index is -1.72. The number of rotatable bonds is 0. The normalized spacial score (nSPS) is 4.50. The fourth-order valence-electron chi connectivity index (χ4n) is 0. The molecule has 0 aliphatic carbocycles. The molecule has 0 nitrogen and oxygen atoms in total. The van der Waals surface area contributed by atoms with E-state index >= 15 is 0 Å². The average molecular weight is 189 g/mol. The minimum absolute atomic E-state index is 0. The second-order valence-corrected chi connectivity index (χ2v) is 6.68. The molecule has 34 valence electrons. The van der Waals surface area contributed by atoms with Gasteiger partial charge in [-0.05, 0) is 11.0 Å². The zero-order valence-electron chi connectivity index (χ0n) is 1.71. The summed E-state index contributed by atoms with van der Waals surface area (Å²) in [4.78, 5) is 0. The molecule has 0 heterocycles. The van der Waals surface area contributed by atoms with Gasteiger partial charge in [0.05, 0.1) is 0 Å². The molecule has 0 saturated carbocycles. The van der Waals surface area contributed by atoms with E-state index in [2.05, 4.69) is 0 Å². The second-order valence-electron chi connectivity index (χ2n) is 0.247. The molecule has 0 aliphatic rings. The predicted molar refractivity (Wildman–Crippen MR) is 41.8 cm³/mol. The van der Waals surface area contributed by atoms with Crippen LogP contribution in [0.5, 0.6) is 0 Å². The van der Waals surface area contributed by atoms with Gasteiger partial charge in [-0.1, -0.05) is 0 Å². The molecular formula is H5AlCl3NaSi. The minimum Gasteiger partial charge on any atom is -0.0149 e. The van der Waals surface area contributed by atoms with E-state index in [0.29, 0.717) is 0 Å². The first-order valence-electron chi connectivity index (χ1n) is 0.655. The quantitative estimate of drug-likeness (QED) is 0.455. The van der Waals surface area contributed by atoms with E-state index in [-0.39, 0.29) is 40.5 Å². The summed E-state index contributed by atoms with van der Waals surface area (Å²) in [7, 11) is 14.8. The summed E-state index contributed by atoms with van der Waals surface area (Å²) in [5, 5.41) is 0. The van der Waals surface area contributed by atoms with Crippen molar-refractivity contribution < 1.29 is 0 Å². The SMILES string of the molecule is [Cl][Al]([Cl])[Cl].[NaH].[SiH4]. The van der Waals surface area contributed by atoms with Gasteiger partial charge in [0.15, 0.2) is 0 Å². The largest absolute Gasteiger partial charge is 0.0149 e. The van der Waals surface area contributed by atoms with E-state index in [1.54, 1.807) is 0 Å². The van der Waals surface area contributed by atoms with E-state index in [9.17, 15) is 0 Å². The molecule has 6 heavy (non-hydrogen) atoms. The van der Waals surface area contributed by atoms with E-state index < -0.39 is 11.4 Å². The summed E-state index contributed by atoms with van der Waals surface area (Å²) in [5.41, 5.74) is 0. The summed E-state index contributed by atoms with van der Waals surface area (Å²) in [6.45, 7) is 0. The molecule has 0 amide bonds. The van der Waals surface area contributed by atoms with Gasteiger partial charge in [0.2, 0.25) is 0 Å². The van der Waals surface area contributed by atoms with Crippen LogP contribution in [0.1, 0.15) is 0 Å². The summed E-state index contributed by atoms with van der Waals surface area (Å²) in [6.07, 6.45) is 0. The van der Waals surface area contributed by atoms with Crippen molar-refractivity contribution in [1.82, 2.24) is 0 Å². The van der Waals surface area contributed by atoms with Crippen LogP contribution in [0.2, 0.25) is 0 Å². The van der Waals surface area contributed by atoms with Gasteiger partial charge in [0.25, 0.3) is 0 Å². The Morgan fingerprint density at radius 3 is 1.00 bits per heavy atom. The zero-order valence-corrected chi connectivity index (χ0v) is 5.13. The number of halogens is 3. The zero-order chi connectivity index (χ0) is 3.58. The van der Waals surface area contributed by atoms with Crippen molar-refractivity contribution in [3.8, 4) is 0 Å². The molecule has 0 N–H and O–H groups in total. The van der Waals surface area contributed by atoms with Crippen LogP contribution >= 0.6 is 30.1 Å². The van der Waals surface area contributed by atoms with Crippen molar-refractivity contribution in [1.29, 1.82) is 0 Å². The van der Waals surface area contributed by atoms with Crippen LogP contribution in [0.25, 0.3) is 0 Å². The maximum atomic E-state index is 4.94. The van der Waals surface area contributed by atoms with E-state index in [4.69, 9.17) is 30.1 Å². The molecule has 0 aromatic carbocycles. The van der Waals surface area contributed by atoms with Gasteiger partial charge in [-0.2, -0.15) is 0 Å². The Bertz CT molecular complexity index is 15.5. The van der Waals surface area contributed by atoms with Crippen molar-refractivity contribution in [3.05, 3.63) is 0 Å². The monoisotopic (exact) mass is 188 g/mol. The molecule has 0 radical (unpaired) electrons. The third kappa shape index (κ3) is 30.5. The second kappa shape index (κ2) is 10.6. The molecule has 0 aromatic heterocycles. The molecule has 0 atom stereocenters. The van der Waals surface area contributed by atoms with Gasteiger partial charge in [-0.3, -0.25) is 0 Å². The topological polar surface area (TPSA) is 0 Å². The fourth-order valence-corrected chi connectivity index (χ4v) is 0. The Hall–Kier alpha value is 2.62. The molecule has 0 bridgehead atoms. The maximum Gasteiger partial charge on any atom is -0.0149 e. The fraction of sp³-hybridized carbons (Fsp3) is 0. The third-order valence-corrected chi connectivity index (χ3v) is 0. The number of hydrogen-bond donors (Lipinski definition) is 0.